The van der Waals surface area contributed by atoms with Crippen molar-refractivity contribution in [3.05, 3.63) is 23.8 Å². The molecule has 0 bridgehead atoms. The van der Waals surface area contributed by atoms with Crippen LogP contribution >= 0.6 is 0 Å². The number of nitrogens with one attached hydrogen (secondary N) is 1. The molecule has 3 rings (SSSR count). The molecule has 1 aromatic carbocycles. The number of piperidine rings is 1. The van der Waals surface area contributed by atoms with Crippen molar-refractivity contribution >= 4 is 29.1 Å². The summed E-state index contributed by atoms with van der Waals surface area (Å²) in [5, 5.41) is 2.98. The minimum absolute atomic E-state index is 0.0152. The number of fused-ring (bicyclic) bond motifs is 1. The molecule has 0 spiro atoms. The predicted molar refractivity (Wildman–Crippen MR) is 96.5 cm³/mol. The summed E-state index contributed by atoms with van der Waals surface area (Å²) in [6.45, 7) is 6.63. The highest BCUT2D eigenvalue weighted by Crippen LogP contribution is 2.42. The molecular formula is C19H25N3O3. The third-order valence-corrected chi connectivity index (χ3v) is 5.45. The molecule has 6 nitrogen and oxygen atoms in total. The Morgan fingerprint density at radius 2 is 1.84 bits per heavy atom. The molecule has 0 aliphatic carbocycles. The largest absolute Gasteiger partial charge is 0.343 e. The Morgan fingerprint density at radius 3 is 2.44 bits per heavy atom. The van der Waals surface area contributed by atoms with Crippen molar-refractivity contribution < 1.29 is 14.4 Å². The van der Waals surface area contributed by atoms with Gasteiger partial charge in [-0.2, -0.15) is 0 Å². The molecule has 25 heavy (non-hydrogen) atoms. The molecule has 3 amide bonds. The third-order valence-electron chi connectivity index (χ3n) is 5.45. The lowest BCUT2D eigenvalue weighted by Gasteiger charge is -2.30. The van der Waals surface area contributed by atoms with Crippen LogP contribution in [0.2, 0.25) is 0 Å². The summed E-state index contributed by atoms with van der Waals surface area (Å²) in [4.78, 5) is 39.7. The molecule has 1 fully saturated rings. The van der Waals surface area contributed by atoms with Crippen LogP contribution in [0.1, 0.15) is 39.2 Å². The lowest BCUT2D eigenvalue weighted by Crippen LogP contribution is -2.40. The van der Waals surface area contributed by atoms with Crippen LogP contribution in [-0.4, -0.2) is 42.8 Å². The van der Waals surface area contributed by atoms with Crippen LogP contribution < -0.4 is 10.2 Å². The van der Waals surface area contributed by atoms with Gasteiger partial charge in [-0.3, -0.25) is 14.4 Å². The number of amides is 3. The van der Waals surface area contributed by atoms with E-state index < -0.39 is 5.41 Å². The Hall–Kier alpha value is -2.37. The number of carbonyl (C=O) groups excluding carboxylic acids is 3. The molecule has 2 aliphatic heterocycles. The van der Waals surface area contributed by atoms with Gasteiger partial charge in [-0.15, -0.1) is 0 Å². The maximum atomic E-state index is 12.5. The van der Waals surface area contributed by atoms with E-state index in [9.17, 15) is 14.4 Å². The molecule has 0 atom stereocenters. The molecule has 1 N–H and O–H groups in total. The molecule has 0 aromatic heterocycles. The van der Waals surface area contributed by atoms with E-state index >= 15 is 0 Å². The maximum absolute atomic E-state index is 12.5. The molecule has 134 valence electrons. The van der Waals surface area contributed by atoms with E-state index in [0.29, 0.717) is 31.6 Å². The van der Waals surface area contributed by atoms with E-state index in [1.165, 1.54) is 0 Å². The van der Waals surface area contributed by atoms with Gasteiger partial charge in [0.25, 0.3) is 0 Å². The topological polar surface area (TPSA) is 69.7 Å². The molecule has 2 aliphatic rings. The number of likely N-dealkylation sites (tertiary alicyclic amines) is 1. The number of likely N-dealkylation sites (N-methyl/N-ethyl adjacent to an activating group) is 1. The summed E-state index contributed by atoms with van der Waals surface area (Å²) < 4.78 is 0. The van der Waals surface area contributed by atoms with E-state index in [4.69, 9.17) is 0 Å². The first kappa shape index (κ1) is 17.5. The van der Waals surface area contributed by atoms with Gasteiger partial charge in [0.15, 0.2) is 0 Å². The third kappa shape index (κ3) is 3.01. The van der Waals surface area contributed by atoms with Crippen molar-refractivity contribution in [2.45, 2.75) is 39.0 Å². The van der Waals surface area contributed by atoms with Crippen molar-refractivity contribution in [1.29, 1.82) is 0 Å². The molecular weight excluding hydrogens is 318 g/mol. The van der Waals surface area contributed by atoms with Crippen molar-refractivity contribution in [2.24, 2.45) is 5.92 Å². The van der Waals surface area contributed by atoms with Gasteiger partial charge in [0.05, 0.1) is 5.41 Å². The smallest absolute Gasteiger partial charge is 0.236 e. The standard InChI is InChI=1S/C19H25N3O3/c1-12(23)22-9-7-13(8-10-22)17(24)20-14-5-6-16-15(11-14)19(2,3)18(25)21(16)4/h5-6,11,13H,7-10H2,1-4H3,(H,20,24). The van der Waals surface area contributed by atoms with Gasteiger partial charge in [-0.05, 0) is 50.5 Å². The van der Waals surface area contributed by atoms with Crippen LogP contribution in [0.4, 0.5) is 11.4 Å². The van der Waals surface area contributed by atoms with Gasteiger partial charge in [0, 0.05) is 44.4 Å². The number of benzene rings is 1. The van der Waals surface area contributed by atoms with Crippen molar-refractivity contribution in [1.82, 2.24) is 4.90 Å². The molecule has 2 heterocycles. The maximum Gasteiger partial charge on any atom is 0.236 e. The van der Waals surface area contributed by atoms with Gasteiger partial charge in [0.1, 0.15) is 0 Å². The Kier molecular flexibility index (Phi) is 4.31. The minimum atomic E-state index is -0.586. The highest BCUT2D eigenvalue weighted by atomic mass is 16.2. The van der Waals surface area contributed by atoms with E-state index in [1.54, 1.807) is 23.8 Å². The Balaban J connectivity index is 1.71. The number of hydrogen-bond acceptors (Lipinski definition) is 3. The highest BCUT2D eigenvalue weighted by molar-refractivity contribution is 6.07. The molecule has 1 aromatic rings. The zero-order valence-corrected chi connectivity index (χ0v) is 15.3. The Morgan fingerprint density at radius 1 is 1.20 bits per heavy atom. The van der Waals surface area contributed by atoms with Crippen LogP contribution in [-0.2, 0) is 19.8 Å². The van der Waals surface area contributed by atoms with Gasteiger partial charge in [0.2, 0.25) is 17.7 Å². The first-order valence-electron chi connectivity index (χ1n) is 8.71. The lowest BCUT2D eigenvalue weighted by atomic mass is 9.86. The summed E-state index contributed by atoms with van der Waals surface area (Å²) >= 11 is 0. The van der Waals surface area contributed by atoms with Gasteiger partial charge in [-0.25, -0.2) is 0 Å². The second kappa shape index (κ2) is 6.17. The van der Waals surface area contributed by atoms with E-state index in [0.717, 1.165) is 11.3 Å². The van der Waals surface area contributed by atoms with Crippen LogP contribution in [0.25, 0.3) is 0 Å². The fourth-order valence-corrected chi connectivity index (χ4v) is 3.75. The zero-order valence-electron chi connectivity index (χ0n) is 15.3. The highest BCUT2D eigenvalue weighted by Gasteiger charge is 2.42. The SMILES string of the molecule is CC(=O)N1CCC(C(=O)Nc2ccc3c(c2)C(C)(C)C(=O)N3C)CC1. The second-order valence-corrected chi connectivity index (χ2v) is 7.49. The van der Waals surface area contributed by atoms with Crippen molar-refractivity contribution in [3.63, 3.8) is 0 Å². The lowest BCUT2D eigenvalue weighted by molar-refractivity contribution is -0.132. The normalized spacial score (nSPS) is 19.8. The Bertz CT molecular complexity index is 733. The Labute approximate surface area is 148 Å². The summed E-state index contributed by atoms with van der Waals surface area (Å²) in [5.41, 5.74) is 1.96. The van der Waals surface area contributed by atoms with Gasteiger partial charge < -0.3 is 15.1 Å². The number of rotatable bonds is 2. The number of hydrogen-bond donors (Lipinski definition) is 1. The monoisotopic (exact) mass is 343 g/mol. The van der Waals surface area contributed by atoms with Crippen LogP contribution in [0.3, 0.4) is 0 Å². The first-order chi connectivity index (χ1) is 11.7. The predicted octanol–water partition coefficient (Wildman–Crippen LogP) is 2.14. The number of nitrogens with zero attached hydrogens (tertiary/aromatic N) is 2. The number of carbonyl (C=O) groups is 3. The van der Waals surface area contributed by atoms with Gasteiger partial charge >= 0.3 is 0 Å². The fourth-order valence-electron chi connectivity index (χ4n) is 3.75. The van der Waals surface area contributed by atoms with Crippen molar-refractivity contribution in [3.8, 4) is 0 Å². The van der Waals surface area contributed by atoms with E-state index in [2.05, 4.69) is 5.32 Å². The summed E-state index contributed by atoms with van der Waals surface area (Å²) in [6, 6.07) is 5.63. The van der Waals surface area contributed by atoms with Crippen LogP contribution in [0.5, 0.6) is 0 Å². The van der Waals surface area contributed by atoms with Gasteiger partial charge in [-0.1, -0.05) is 0 Å². The molecule has 6 heteroatoms. The van der Waals surface area contributed by atoms with Crippen LogP contribution in [0.15, 0.2) is 18.2 Å². The molecule has 0 radical (unpaired) electrons. The zero-order chi connectivity index (χ0) is 18.4. The number of anilines is 2. The minimum Gasteiger partial charge on any atom is -0.343 e. The van der Waals surface area contributed by atoms with Crippen molar-refractivity contribution in [2.75, 3.05) is 30.4 Å². The van der Waals surface area contributed by atoms with E-state index in [1.807, 2.05) is 32.0 Å². The summed E-state index contributed by atoms with van der Waals surface area (Å²) in [6.07, 6.45) is 1.37. The first-order valence-corrected chi connectivity index (χ1v) is 8.71. The van der Waals surface area contributed by atoms with E-state index in [-0.39, 0.29) is 23.6 Å². The molecule has 0 unspecified atom stereocenters. The average Bonchev–Trinajstić information content (AvgIpc) is 2.76. The molecule has 0 saturated carbocycles. The second-order valence-electron chi connectivity index (χ2n) is 7.49. The van der Waals surface area contributed by atoms with Crippen LogP contribution in [0, 0.1) is 5.92 Å². The quantitative estimate of drug-likeness (QED) is 0.894. The average molecular weight is 343 g/mol. The fraction of sp³-hybridized carbons (Fsp3) is 0.526. The molecule has 1 saturated heterocycles. The summed E-state index contributed by atoms with van der Waals surface area (Å²) in [5.74, 6) is 0.0240. The summed E-state index contributed by atoms with van der Waals surface area (Å²) in [7, 11) is 1.77.